The van der Waals surface area contributed by atoms with Crippen LogP contribution in [0.15, 0.2) is 42.5 Å². The Hall–Kier alpha value is -2.27. The van der Waals surface area contributed by atoms with Crippen molar-refractivity contribution in [3.8, 4) is 11.1 Å². The Labute approximate surface area is 134 Å². The smallest absolute Gasteiger partial charge is 0.216 e. The third-order valence-corrected chi connectivity index (χ3v) is 3.73. The van der Waals surface area contributed by atoms with Crippen molar-refractivity contribution in [2.75, 3.05) is 6.54 Å². The van der Waals surface area contributed by atoms with Crippen molar-refractivity contribution in [3.05, 3.63) is 59.7 Å². The molecule has 23 heavy (non-hydrogen) atoms. The van der Waals surface area contributed by atoms with E-state index in [1.807, 2.05) is 0 Å². The zero-order valence-corrected chi connectivity index (χ0v) is 13.1. The lowest BCUT2D eigenvalue weighted by atomic mass is 9.91. The molecular weight excluding hydrogens is 300 g/mol. The molecule has 0 heterocycles. The summed E-state index contributed by atoms with van der Waals surface area (Å²) in [6, 6.07) is 10.2. The highest BCUT2D eigenvalue weighted by Gasteiger charge is 2.22. The lowest BCUT2D eigenvalue weighted by molar-refractivity contribution is -0.119. The summed E-state index contributed by atoms with van der Waals surface area (Å²) in [4.78, 5) is 10.9. The van der Waals surface area contributed by atoms with Gasteiger partial charge < -0.3 is 10.4 Å². The van der Waals surface area contributed by atoms with Crippen LogP contribution in [0.25, 0.3) is 11.1 Å². The van der Waals surface area contributed by atoms with Gasteiger partial charge in [-0.25, -0.2) is 8.78 Å². The minimum atomic E-state index is -1.11. The number of carbonyl (C=O) groups excluding carboxylic acids is 1. The molecule has 1 unspecified atom stereocenters. The maximum atomic E-state index is 13.8. The summed E-state index contributed by atoms with van der Waals surface area (Å²) in [5, 5.41) is 13.1. The molecule has 0 aliphatic heterocycles. The van der Waals surface area contributed by atoms with Crippen LogP contribution in [0, 0.1) is 11.6 Å². The molecular formula is C18H19F2NO2. The number of aliphatic hydroxyl groups is 1. The first kappa shape index (κ1) is 17.1. The number of nitrogens with one attached hydrogen (secondary N) is 1. The van der Waals surface area contributed by atoms with Crippen LogP contribution in [-0.4, -0.2) is 17.6 Å². The van der Waals surface area contributed by atoms with Crippen molar-refractivity contribution in [2.24, 2.45) is 0 Å². The number of carbonyl (C=O) groups is 1. The van der Waals surface area contributed by atoms with E-state index in [9.17, 15) is 18.7 Å². The summed E-state index contributed by atoms with van der Waals surface area (Å²) in [7, 11) is 0. The van der Waals surface area contributed by atoms with E-state index in [1.54, 1.807) is 31.2 Å². The SMILES string of the molecule is CC(=O)NCCC(C)(O)c1ccc(-c2ccc(F)cc2F)cc1. The van der Waals surface area contributed by atoms with Gasteiger partial charge >= 0.3 is 0 Å². The van der Waals surface area contributed by atoms with Crippen molar-refractivity contribution in [1.82, 2.24) is 5.32 Å². The van der Waals surface area contributed by atoms with Gasteiger partial charge in [0, 0.05) is 25.1 Å². The zero-order chi connectivity index (χ0) is 17.0. The highest BCUT2D eigenvalue weighted by molar-refractivity contribution is 5.72. The van der Waals surface area contributed by atoms with Gasteiger partial charge in [-0.1, -0.05) is 24.3 Å². The standard InChI is InChI=1S/C18H19F2NO2/c1-12(22)21-10-9-18(2,23)14-5-3-13(4-6-14)16-8-7-15(19)11-17(16)20/h3-8,11,23H,9-10H2,1-2H3,(H,21,22). The number of amides is 1. The van der Waals surface area contributed by atoms with E-state index in [4.69, 9.17) is 0 Å². The second kappa shape index (κ2) is 6.87. The minimum Gasteiger partial charge on any atom is -0.385 e. The molecule has 2 N–H and O–H groups in total. The van der Waals surface area contributed by atoms with Gasteiger partial charge in [-0.2, -0.15) is 0 Å². The van der Waals surface area contributed by atoms with Crippen molar-refractivity contribution in [2.45, 2.75) is 25.9 Å². The van der Waals surface area contributed by atoms with Crippen LogP contribution in [-0.2, 0) is 10.4 Å². The maximum Gasteiger partial charge on any atom is 0.216 e. The molecule has 2 aromatic rings. The molecule has 0 radical (unpaired) electrons. The lowest BCUT2D eigenvalue weighted by Crippen LogP contribution is -2.29. The second-order valence-electron chi connectivity index (χ2n) is 5.71. The Balaban J connectivity index is 2.16. The first-order valence-electron chi connectivity index (χ1n) is 7.32. The highest BCUT2D eigenvalue weighted by atomic mass is 19.1. The summed E-state index contributed by atoms with van der Waals surface area (Å²) in [6.07, 6.45) is 0.358. The van der Waals surface area contributed by atoms with Crippen LogP contribution in [0.4, 0.5) is 8.78 Å². The largest absolute Gasteiger partial charge is 0.385 e. The number of benzene rings is 2. The Morgan fingerprint density at radius 1 is 1.17 bits per heavy atom. The molecule has 0 saturated heterocycles. The summed E-state index contributed by atoms with van der Waals surface area (Å²) >= 11 is 0. The first-order chi connectivity index (χ1) is 10.8. The molecule has 0 fully saturated rings. The van der Waals surface area contributed by atoms with Gasteiger partial charge in [-0.3, -0.25) is 4.79 Å². The summed E-state index contributed by atoms with van der Waals surface area (Å²) < 4.78 is 26.7. The summed E-state index contributed by atoms with van der Waals surface area (Å²) in [5.41, 5.74) is 0.455. The number of hydrogen-bond acceptors (Lipinski definition) is 2. The summed E-state index contributed by atoms with van der Waals surface area (Å²) in [6.45, 7) is 3.43. The first-order valence-corrected chi connectivity index (χ1v) is 7.32. The van der Waals surface area contributed by atoms with Gasteiger partial charge in [-0.05, 0) is 36.6 Å². The van der Waals surface area contributed by atoms with Crippen LogP contribution < -0.4 is 5.32 Å². The predicted octanol–water partition coefficient (Wildman–Crippen LogP) is 3.37. The fourth-order valence-electron chi connectivity index (χ4n) is 2.36. The van der Waals surface area contributed by atoms with Gasteiger partial charge in [0.1, 0.15) is 11.6 Å². The van der Waals surface area contributed by atoms with Crippen molar-refractivity contribution in [3.63, 3.8) is 0 Å². The molecule has 122 valence electrons. The quantitative estimate of drug-likeness (QED) is 0.888. The van der Waals surface area contributed by atoms with Gasteiger partial charge in [-0.15, -0.1) is 0 Å². The van der Waals surface area contributed by atoms with Gasteiger partial charge in [0.05, 0.1) is 5.60 Å². The van der Waals surface area contributed by atoms with E-state index in [-0.39, 0.29) is 5.91 Å². The molecule has 0 saturated carbocycles. The van der Waals surface area contributed by atoms with E-state index in [1.165, 1.54) is 19.1 Å². The molecule has 2 rings (SSSR count). The van der Waals surface area contributed by atoms with E-state index < -0.39 is 17.2 Å². The van der Waals surface area contributed by atoms with Crippen LogP contribution >= 0.6 is 0 Å². The molecule has 0 aliphatic carbocycles. The van der Waals surface area contributed by atoms with E-state index in [0.717, 1.165) is 6.07 Å². The zero-order valence-electron chi connectivity index (χ0n) is 13.1. The predicted molar refractivity (Wildman–Crippen MR) is 84.7 cm³/mol. The molecule has 0 aliphatic rings. The molecule has 1 amide bonds. The fraction of sp³-hybridized carbons (Fsp3) is 0.278. The Kier molecular flexibility index (Phi) is 5.11. The molecule has 3 nitrogen and oxygen atoms in total. The third kappa shape index (κ3) is 4.36. The Morgan fingerprint density at radius 2 is 1.83 bits per heavy atom. The molecule has 1 atom stereocenters. The van der Waals surface area contributed by atoms with Crippen molar-refractivity contribution in [1.29, 1.82) is 0 Å². The number of halogens is 2. The Morgan fingerprint density at radius 3 is 2.39 bits per heavy atom. The van der Waals surface area contributed by atoms with Crippen LogP contribution in [0.1, 0.15) is 25.8 Å². The van der Waals surface area contributed by atoms with Gasteiger partial charge in [0.2, 0.25) is 5.91 Å². The van der Waals surface area contributed by atoms with E-state index in [2.05, 4.69) is 5.32 Å². The summed E-state index contributed by atoms with van der Waals surface area (Å²) in [5.74, 6) is -1.40. The van der Waals surface area contributed by atoms with Gasteiger partial charge in [0.15, 0.2) is 0 Å². The number of hydrogen-bond donors (Lipinski definition) is 2. The normalized spacial score (nSPS) is 13.4. The third-order valence-electron chi connectivity index (χ3n) is 3.73. The van der Waals surface area contributed by atoms with Crippen molar-refractivity contribution >= 4 is 5.91 Å². The molecule has 0 bridgehead atoms. The second-order valence-corrected chi connectivity index (χ2v) is 5.71. The maximum absolute atomic E-state index is 13.8. The van der Waals surface area contributed by atoms with E-state index >= 15 is 0 Å². The fourth-order valence-corrected chi connectivity index (χ4v) is 2.36. The average Bonchev–Trinajstić information content (AvgIpc) is 2.47. The van der Waals surface area contributed by atoms with Gasteiger partial charge in [0.25, 0.3) is 0 Å². The van der Waals surface area contributed by atoms with Crippen LogP contribution in [0.3, 0.4) is 0 Å². The molecule has 5 heteroatoms. The average molecular weight is 319 g/mol. The number of rotatable bonds is 5. The molecule has 0 aromatic heterocycles. The topological polar surface area (TPSA) is 49.3 Å². The Bertz CT molecular complexity index is 697. The molecule has 2 aromatic carbocycles. The van der Waals surface area contributed by atoms with E-state index in [0.29, 0.717) is 29.7 Å². The van der Waals surface area contributed by atoms with Crippen LogP contribution in [0.5, 0.6) is 0 Å². The lowest BCUT2D eigenvalue weighted by Gasteiger charge is -2.24. The molecule has 0 spiro atoms. The highest BCUT2D eigenvalue weighted by Crippen LogP contribution is 2.28. The van der Waals surface area contributed by atoms with Crippen molar-refractivity contribution < 1.29 is 18.7 Å². The van der Waals surface area contributed by atoms with Crippen LogP contribution in [0.2, 0.25) is 0 Å². The monoisotopic (exact) mass is 319 g/mol. The minimum absolute atomic E-state index is 0.150.